The Morgan fingerprint density at radius 3 is 2.71 bits per heavy atom. The summed E-state index contributed by atoms with van der Waals surface area (Å²) in [7, 11) is 0. The fourth-order valence-electron chi connectivity index (χ4n) is 3.10. The highest BCUT2D eigenvalue weighted by Crippen LogP contribution is 2.27. The first-order valence-electron chi connectivity index (χ1n) is 8.34. The minimum absolute atomic E-state index is 0.0407. The van der Waals surface area contributed by atoms with E-state index in [1.165, 1.54) is 11.1 Å². The van der Waals surface area contributed by atoms with E-state index in [-0.39, 0.29) is 18.4 Å². The molecule has 0 saturated heterocycles. The van der Waals surface area contributed by atoms with Crippen molar-refractivity contribution in [3.05, 3.63) is 65.2 Å². The van der Waals surface area contributed by atoms with Crippen molar-refractivity contribution in [3.63, 3.8) is 0 Å². The molecule has 0 unspecified atom stereocenters. The quantitative estimate of drug-likeness (QED) is 0.941. The first-order valence-corrected chi connectivity index (χ1v) is 8.34. The Morgan fingerprint density at radius 1 is 1.12 bits per heavy atom. The molecule has 2 aromatic carbocycles. The van der Waals surface area contributed by atoms with Gasteiger partial charge in [-0.2, -0.15) is 0 Å². The van der Waals surface area contributed by atoms with Gasteiger partial charge in [-0.1, -0.05) is 48.0 Å². The Kier molecular flexibility index (Phi) is 4.94. The number of anilines is 1. The summed E-state index contributed by atoms with van der Waals surface area (Å²) >= 11 is 0. The lowest BCUT2D eigenvalue weighted by Gasteiger charge is -2.30. The average molecular weight is 322 g/mol. The zero-order chi connectivity index (χ0) is 16.9. The van der Waals surface area contributed by atoms with Crippen molar-refractivity contribution in [2.24, 2.45) is 0 Å². The highest BCUT2D eigenvalue weighted by molar-refractivity contribution is 5.97. The van der Waals surface area contributed by atoms with E-state index in [2.05, 4.69) is 18.3 Å². The molecule has 24 heavy (non-hydrogen) atoms. The number of carbonyl (C=O) groups excluding carboxylic acids is 2. The molecule has 1 heterocycles. The summed E-state index contributed by atoms with van der Waals surface area (Å²) < 4.78 is 0. The largest absolute Gasteiger partial charge is 0.347 e. The van der Waals surface area contributed by atoms with Crippen molar-refractivity contribution < 1.29 is 9.59 Å². The van der Waals surface area contributed by atoms with Gasteiger partial charge in [-0.25, -0.2) is 0 Å². The maximum atomic E-state index is 12.5. The third kappa shape index (κ3) is 3.82. The molecule has 2 amide bonds. The van der Waals surface area contributed by atoms with Gasteiger partial charge in [-0.3, -0.25) is 9.59 Å². The summed E-state index contributed by atoms with van der Waals surface area (Å²) in [5.74, 6) is -0.183. The van der Waals surface area contributed by atoms with Crippen LogP contribution in [0.25, 0.3) is 0 Å². The maximum absolute atomic E-state index is 12.5. The summed E-state index contributed by atoms with van der Waals surface area (Å²) in [6.07, 6.45) is 2.26. The van der Waals surface area contributed by atoms with E-state index in [0.717, 1.165) is 24.1 Å². The molecule has 0 fully saturated rings. The Labute approximate surface area is 142 Å². The van der Waals surface area contributed by atoms with E-state index in [0.29, 0.717) is 13.0 Å². The predicted molar refractivity (Wildman–Crippen MR) is 95.0 cm³/mol. The van der Waals surface area contributed by atoms with Gasteiger partial charge in [0.2, 0.25) is 11.8 Å². The Balaban J connectivity index is 1.59. The highest BCUT2D eigenvalue weighted by atomic mass is 16.2. The minimum Gasteiger partial charge on any atom is -0.347 e. The number of benzene rings is 2. The summed E-state index contributed by atoms with van der Waals surface area (Å²) in [5.41, 5.74) is 4.35. The molecule has 1 aliphatic rings. The molecular weight excluding hydrogens is 300 g/mol. The number of aryl methyl sites for hydroxylation is 2. The Hall–Kier alpha value is -2.62. The van der Waals surface area contributed by atoms with Crippen LogP contribution in [0.15, 0.2) is 48.5 Å². The number of hydrogen-bond acceptors (Lipinski definition) is 2. The predicted octanol–water partition coefficient (Wildman–Crippen LogP) is 2.63. The van der Waals surface area contributed by atoms with Crippen molar-refractivity contribution in [1.82, 2.24) is 5.32 Å². The molecule has 0 aromatic heterocycles. The monoisotopic (exact) mass is 322 g/mol. The summed E-state index contributed by atoms with van der Waals surface area (Å²) in [6, 6.07) is 15.7. The third-order valence-electron chi connectivity index (χ3n) is 4.30. The van der Waals surface area contributed by atoms with Gasteiger partial charge in [0.15, 0.2) is 0 Å². The van der Waals surface area contributed by atoms with Crippen LogP contribution in [0.3, 0.4) is 0 Å². The zero-order valence-electron chi connectivity index (χ0n) is 13.9. The smallest absolute Gasteiger partial charge is 0.246 e. The summed E-state index contributed by atoms with van der Waals surface area (Å²) in [4.78, 5) is 26.3. The molecule has 124 valence electrons. The minimum atomic E-state index is -0.129. The van der Waals surface area contributed by atoms with Crippen LogP contribution in [0.4, 0.5) is 5.69 Å². The lowest BCUT2D eigenvalue weighted by molar-refractivity contribution is -0.124. The van der Waals surface area contributed by atoms with Crippen LogP contribution < -0.4 is 10.2 Å². The van der Waals surface area contributed by atoms with Crippen molar-refractivity contribution >= 4 is 17.5 Å². The SMILES string of the molecule is Cc1ccc2c(c1)CCCN2C(=O)CNC(=O)Cc1ccccc1. The lowest BCUT2D eigenvalue weighted by Crippen LogP contribution is -2.43. The molecule has 0 atom stereocenters. The molecule has 2 aromatic rings. The van der Waals surface area contributed by atoms with Crippen LogP contribution >= 0.6 is 0 Å². The molecule has 4 heteroatoms. The second kappa shape index (κ2) is 7.30. The number of nitrogens with zero attached hydrogens (tertiary/aromatic N) is 1. The van der Waals surface area contributed by atoms with Crippen LogP contribution in [-0.2, 0) is 22.4 Å². The Bertz CT molecular complexity index is 741. The number of carbonyl (C=O) groups is 2. The number of rotatable bonds is 4. The molecule has 3 rings (SSSR count). The van der Waals surface area contributed by atoms with Gasteiger partial charge in [0.25, 0.3) is 0 Å². The van der Waals surface area contributed by atoms with Crippen molar-refractivity contribution in [2.45, 2.75) is 26.2 Å². The average Bonchev–Trinajstić information content (AvgIpc) is 2.59. The molecule has 4 nitrogen and oxygen atoms in total. The summed E-state index contributed by atoms with van der Waals surface area (Å²) in [5, 5.41) is 2.74. The van der Waals surface area contributed by atoms with E-state index in [9.17, 15) is 9.59 Å². The van der Waals surface area contributed by atoms with Crippen molar-refractivity contribution in [2.75, 3.05) is 18.0 Å². The van der Waals surface area contributed by atoms with Crippen molar-refractivity contribution in [1.29, 1.82) is 0 Å². The molecule has 0 aliphatic carbocycles. The normalized spacial score (nSPS) is 13.3. The first kappa shape index (κ1) is 16.2. The van der Waals surface area contributed by atoms with Crippen LogP contribution in [0, 0.1) is 6.92 Å². The van der Waals surface area contributed by atoms with E-state index in [4.69, 9.17) is 0 Å². The molecule has 0 radical (unpaired) electrons. The highest BCUT2D eigenvalue weighted by Gasteiger charge is 2.22. The van der Waals surface area contributed by atoms with Gasteiger partial charge >= 0.3 is 0 Å². The van der Waals surface area contributed by atoms with Crippen LogP contribution in [0.1, 0.15) is 23.1 Å². The van der Waals surface area contributed by atoms with Gasteiger partial charge in [0.1, 0.15) is 0 Å². The van der Waals surface area contributed by atoms with Crippen LogP contribution in [0.5, 0.6) is 0 Å². The number of hydrogen-bond donors (Lipinski definition) is 1. The number of amides is 2. The molecule has 1 aliphatic heterocycles. The molecular formula is C20H22N2O2. The van der Waals surface area contributed by atoms with E-state index >= 15 is 0 Å². The molecule has 0 saturated carbocycles. The second-order valence-electron chi connectivity index (χ2n) is 6.22. The number of nitrogens with one attached hydrogen (secondary N) is 1. The third-order valence-corrected chi connectivity index (χ3v) is 4.30. The second-order valence-corrected chi connectivity index (χ2v) is 6.22. The topological polar surface area (TPSA) is 49.4 Å². The summed E-state index contributed by atoms with van der Waals surface area (Å²) in [6.45, 7) is 2.81. The van der Waals surface area contributed by atoms with Crippen molar-refractivity contribution in [3.8, 4) is 0 Å². The fourth-order valence-corrected chi connectivity index (χ4v) is 3.10. The Morgan fingerprint density at radius 2 is 1.92 bits per heavy atom. The molecule has 0 spiro atoms. The van der Waals surface area contributed by atoms with Gasteiger partial charge in [-0.05, 0) is 37.0 Å². The number of fused-ring (bicyclic) bond motifs is 1. The van der Waals surface area contributed by atoms with Gasteiger partial charge in [0.05, 0.1) is 13.0 Å². The van der Waals surface area contributed by atoms with Crippen LogP contribution in [0.2, 0.25) is 0 Å². The zero-order valence-corrected chi connectivity index (χ0v) is 13.9. The van der Waals surface area contributed by atoms with E-state index < -0.39 is 0 Å². The first-order chi connectivity index (χ1) is 11.6. The van der Waals surface area contributed by atoms with Gasteiger partial charge < -0.3 is 10.2 Å². The molecule has 0 bridgehead atoms. The molecule has 1 N–H and O–H groups in total. The van der Waals surface area contributed by atoms with E-state index in [1.807, 2.05) is 42.5 Å². The lowest BCUT2D eigenvalue weighted by atomic mass is 9.99. The maximum Gasteiger partial charge on any atom is 0.246 e. The van der Waals surface area contributed by atoms with E-state index in [1.54, 1.807) is 4.90 Å². The fraction of sp³-hybridized carbons (Fsp3) is 0.300. The van der Waals surface area contributed by atoms with Gasteiger partial charge in [0, 0.05) is 12.2 Å². The van der Waals surface area contributed by atoms with Gasteiger partial charge in [-0.15, -0.1) is 0 Å². The van der Waals surface area contributed by atoms with Crippen LogP contribution in [-0.4, -0.2) is 24.9 Å². The standard InChI is InChI=1S/C20H22N2O2/c1-15-9-10-18-17(12-15)8-5-11-22(18)20(24)14-21-19(23)13-16-6-3-2-4-7-16/h2-4,6-7,9-10,12H,5,8,11,13-14H2,1H3,(H,21,23).